The highest BCUT2D eigenvalue weighted by atomic mass is 32.2. The number of alkyl halides is 3. The van der Waals surface area contributed by atoms with Crippen molar-refractivity contribution < 1.29 is 22.7 Å². The highest BCUT2D eigenvalue weighted by Gasteiger charge is 2.38. The number of nitrogens with zero attached hydrogens (tertiary/aromatic N) is 2. The molecule has 1 aromatic carbocycles. The van der Waals surface area contributed by atoms with E-state index in [-0.39, 0.29) is 12.3 Å². The summed E-state index contributed by atoms with van der Waals surface area (Å²) in [6.07, 6.45) is -2.85. The van der Waals surface area contributed by atoms with Gasteiger partial charge in [0.05, 0.1) is 17.9 Å². The van der Waals surface area contributed by atoms with Crippen molar-refractivity contribution in [1.82, 2.24) is 9.97 Å². The average molecular weight is 392 g/mol. The van der Waals surface area contributed by atoms with Crippen LogP contribution in [-0.4, -0.2) is 28.8 Å². The first kappa shape index (κ1) is 19.2. The lowest BCUT2D eigenvalue weighted by molar-refractivity contribution is -0.141. The van der Waals surface area contributed by atoms with Crippen molar-refractivity contribution in [2.45, 2.75) is 18.0 Å². The van der Waals surface area contributed by atoms with Gasteiger partial charge in [-0.2, -0.15) is 13.2 Å². The molecule has 0 unspecified atom stereocenters. The van der Waals surface area contributed by atoms with Crippen LogP contribution >= 0.6 is 11.8 Å². The number of thioether (sulfide) groups is 1. The second kappa shape index (κ2) is 7.56. The largest absolute Gasteiger partial charge is 0.462 e. The third kappa shape index (κ3) is 4.05. The molecule has 0 aliphatic carbocycles. The van der Waals surface area contributed by atoms with Gasteiger partial charge in [0.1, 0.15) is 0 Å². The zero-order valence-electron chi connectivity index (χ0n) is 14.5. The Morgan fingerprint density at radius 1 is 1.11 bits per heavy atom. The molecular formula is C19H15F3N2O2S. The number of fused-ring (bicyclic) bond motifs is 1. The number of halogens is 3. The molecule has 0 fully saturated rings. The fraction of sp³-hybridized carbons (Fsp3) is 0.211. The number of benzene rings is 1. The summed E-state index contributed by atoms with van der Waals surface area (Å²) in [6.45, 7) is 1.49. The zero-order chi connectivity index (χ0) is 19.6. The second-order valence-corrected chi connectivity index (χ2v) is 6.45. The number of hydrogen-bond acceptors (Lipinski definition) is 5. The Kier molecular flexibility index (Phi) is 5.36. The van der Waals surface area contributed by atoms with Crippen LogP contribution in [0.15, 0.2) is 47.4 Å². The Balaban J connectivity index is 2.13. The van der Waals surface area contributed by atoms with Crippen LogP contribution in [0.2, 0.25) is 0 Å². The van der Waals surface area contributed by atoms with Crippen LogP contribution in [0.5, 0.6) is 0 Å². The Morgan fingerprint density at radius 2 is 1.81 bits per heavy atom. The van der Waals surface area contributed by atoms with E-state index in [2.05, 4.69) is 9.97 Å². The monoisotopic (exact) mass is 392 g/mol. The minimum absolute atomic E-state index is 0.0304. The Morgan fingerprint density at radius 3 is 2.41 bits per heavy atom. The summed E-state index contributed by atoms with van der Waals surface area (Å²) in [7, 11) is 0. The van der Waals surface area contributed by atoms with Gasteiger partial charge in [0, 0.05) is 15.8 Å². The normalized spacial score (nSPS) is 11.6. The summed E-state index contributed by atoms with van der Waals surface area (Å²) in [5.41, 5.74) is -0.729. The van der Waals surface area contributed by atoms with Crippen molar-refractivity contribution in [3.8, 4) is 11.3 Å². The van der Waals surface area contributed by atoms with Gasteiger partial charge >= 0.3 is 12.1 Å². The van der Waals surface area contributed by atoms with Gasteiger partial charge in [-0.05, 0) is 43.5 Å². The molecule has 0 bridgehead atoms. The highest BCUT2D eigenvalue weighted by Crippen LogP contribution is 2.33. The molecular weight excluding hydrogens is 377 g/mol. The first-order valence-corrected chi connectivity index (χ1v) is 9.26. The van der Waals surface area contributed by atoms with Crippen LogP contribution in [0.25, 0.3) is 22.3 Å². The summed E-state index contributed by atoms with van der Waals surface area (Å²) < 4.78 is 44.9. The average Bonchev–Trinajstić information content (AvgIpc) is 2.66. The van der Waals surface area contributed by atoms with Gasteiger partial charge in [-0.25, -0.2) is 14.8 Å². The predicted octanol–water partition coefficient (Wildman–Crippen LogP) is 5.21. The lowest BCUT2D eigenvalue weighted by Gasteiger charge is -2.12. The van der Waals surface area contributed by atoms with Crippen LogP contribution in [0, 0.1) is 0 Å². The van der Waals surface area contributed by atoms with E-state index in [0.29, 0.717) is 11.1 Å². The smallest absolute Gasteiger partial charge is 0.434 e. The van der Waals surface area contributed by atoms with Crippen molar-refractivity contribution in [2.75, 3.05) is 12.9 Å². The van der Waals surface area contributed by atoms with Crippen LogP contribution in [0.4, 0.5) is 13.2 Å². The standard InChI is InChI=1S/C19H15F3N2O2S/c1-3-26-18(25)14-10-12-6-9-15(11-4-7-13(27-2)8-5-11)23-17(12)24-16(14)19(20,21)22/h4-10H,3H2,1-2H3. The highest BCUT2D eigenvalue weighted by molar-refractivity contribution is 7.98. The minimum Gasteiger partial charge on any atom is -0.462 e. The number of hydrogen-bond donors (Lipinski definition) is 0. The molecule has 0 amide bonds. The number of carbonyl (C=O) groups excluding carboxylic acids is 1. The number of pyridine rings is 2. The van der Waals surface area contributed by atoms with E-state index in [4.69, 9.17) is 4.74 Å². The Hall–Kier alpha value is -2.61. The van der Waals surface area contributed by atoms with Crippen molar-refractivity contribution in [2.24, 2.45) is 0 Å². The van der Waals surface area contributed by atoms with E-state index in [1.807, 2.05) is 30.5 Å². The van der Waals surface area contributed by atoms with Gasteiger partial charge in [-0.1, -0.05) is 12.1 Å². The van der Waals surface area contributed by atoms with Gasteiger partial charge in [-0.3, -0.25) is 0 Å². The lowest BCUT2D eigenvalue weighted by atomic mass is 10.1. The lowest BCUT2D eigenvalue weighted by Crippen LogP contribution is -2.17. The molecule has 0 radical (unpaired) electrons. The van der Waals surface area contributed by atoms with Gasteiger partial charge in [0.2, 0.25) is 0 Å². The summed E-state index contributed by atoms with van der Waals surface area (Å²) in [6, 6.07) is 11.9. The molecule has 3 rings (SSSR count). The van der Waals surface area contributed by atoms with E-state index < -0.39 is 23.4 Å². The number of rotatable bonds is 4. The summed E-state index contributed by atoms with van der Waals surface area (Å²) in [5, 5.41) is 0.329. The SMILES string of the molecule is CCOC(=O)c1cc2ccc(-c3ccc(SC)cc3)nc2nc1C(F)(F)F. The third-order valence-corrected chi connectivity index (χ3v) is 4.57. The first-order chi connectivity index (χ1) is 12.8. The van der Waals surface area contributed by atoms with Gasteiger partial charge in [-0.15, -0.1) is 11.8 Å². The fourth-order valence-electron chi connectivity index (χ4n) is 2.55. The van der Waals surface area contributed by atoms with Crippen LogP contribution in [0.3, 0.4) is 0 Å². The second-order valence-electron chi connectivity index (χ2n) is 5.57. The molecule has 2 heterocycles. The molecule has 0 saturated heterocycles. The summed E-state index contributed by atoms with van der Waals surface area (Å²) in [4.78, 5) is 20.9. The summed E-state index contributed by atoms with van der Waals surface area (Å²) in [5.74, 6) is -1.06. The predicted molar refractivity (Wildman–Crippen MR) is 97.7 cm³/mol. The third-order valence-electron chi connectivity index (χ3n) is 3.83. The van der Waals surface area contributed by atoms with E-state index in [9.17, 15) is 18.0 Å². The van der Waals surface area contributed by atoms with Crippen molar-refractivity contribution >= 4 is 28.8 Å². The Labute approximate surface area is 157 Å². The molecule has 3 aromatic rings. The maximum Gasteiger partial charge on any atom is 0.434 e. The zero-order valence-corrected chi connectivity index (χ0v) is 15.3. The summed E-state index contributed by atoms with van der Waals surface area (Å²) >= 11 is 1.59. The van der Waals surface area contributed by atoms with Gasteiger partial charge < -0.3 is 4.74 Å². The molecule has 0 aliphatic heterocycles. The Bertz CT molecular complexity index is 989. The molecule has 27 heavy (non-hydrogen) atoms. The molecule has 0 saturated carbocycles. The van der Waals surface area contributed by atoms with E-state index >= 15 is 0 Å². The van der Waals surface area contributed by atoms with Crippen LogP contribution < -0.4 is 0 Å². The number of aromatic nitrogens is 2. The van der Waals surface area contributed by atoms with E-state index in [0.717, 1.165) is 16.5 Å². The van der Waals surface area contributed by atoms with Gasteiger partial charge in [0.15, 0.2) is 11.3 Å². The maximum atomic E-state index is 13.4. The first-order valence-electron chi connectivity index (χ1n) is 8.04. The van der Waals surface area contributed by atoms with Gasteiger partial charge in [0.25, 0.3) is 0 Å². The molecule has 8 heteroatoms. The van der Waals surface area contributed by atoms with Crippen molar-refractivity contribution in [3.63, 3.8) is 0 Å². The van der Waals surface area contributed by atoms with Crippen molar-refractivity contribution in [3.05, 3.63) is 53.7 Å². The number of esters is 1. The number of carbonyl (C=O) groups is 1. The minimum atomic E-state index is -4.80. The molecule has 2 aromatic heterocycles. The molecule has 0 spiro atoms. The van der Waals surface area contributed by atoms with Crippen LogP contribution in [0.1, 0.15) is 23.0 Å². The van der Waals surface area contributed by atoms with Crippen molar-refractivity contribution in [1.29, 1.82) is 0 Å². The maximum absolute atomic E-state index is 13.4. The topological polar surface area (TPSA) is 52.1 Å². The molecule has 0 atom stereocenters. The van der Waals surface area contributed by atoms with Crippen LogP contribution in [-0.2, 0) is 10.9 Å². The quantitative estimate of drug-likeness (QED) is 0.450. The fourth-order valence-corrected chi connectivity index (χ4v) is 2.96. The molecule has 0 aliphatic rings. The molecule has 0 N–H and O–H groups in total. The molecule has 4 nitrogen and oxygen atoms in total. The van der Waals surface area contributed by atoms with E-state index in [1.165, 1.54) is 6.92 Å². The van der Waals surface area contributed by atoms with E-state index in [1.54, 1.807) is 23.9 Å². The number of ether oxygens (including phenoxy) is 1. The molecule has 140 valence electrons.